The van der Waals surface area contributed by atoms with Crippen molar-refractivity contribution in [2.75, 3.05) is 0 Å². The van der Waals surface area contributed by atoms with Gasteiger partial charge in [0.2, 0.25) is 0 Å². The van der Waals surface area contributed by atoms with E-state index in [1.807, 2.05) is 20.0 Å². The van der Waals surface area contributed by atoms with Gasteiger partial charge < -0.3 is 4.98 Å². The number of nitrogens with one attached hydrogen (secondary N) is 1. The van der Waals surface area contributed by atoms with Gasteiger partial charge in [0.25, 0.3) is 0 Å². The summed E-state index contributed by atoms with van der Waals surface area (Å²) in [6, 6.07) is 8.71. The van der Waals surface area contributed by atoms with Crippen molar-refractivity contribution < 1.29 is 0 Å². The first-order valence-corrected chi connectivity index (χ1v) is 5.65. The standard InChI is InChI=1S/C12H15N.C2H6/c1-12(2,3)10-4-5-11-9(8-10)6-7-13-11;1-2/h4-8,13H,1-3H3;1-2H3. The van der Waals surface area contributed by atoms with Gasteiger partial charge in [0, 0.05) is 11.7 Å². The molecule has 15 heavy (non-hydrogen) atoms. The van der Waals surface area contributed by atoms with Crippen LogP contribution in [0.3, 0.4) is 0 Å². The average Bonchev–Trinajstić information content (AvgIpc) is 2.66. The second-order valence-electron chi connectivity index (χ2n) is 4.53. The number of benzene rings is 1. The number of H-pyrrole nitrogens is 1. The lowest BCUT2D eigenvalue weighted by atomic mass is 9.86. The van der Waals surface area contributed by atoms with Crippen molar-refractivity contribution in [2.24, 2.45) is 0 Å². The van der Waals surface area contributed by atoms with E-state index in [0.29, 0.717) is 0 Å². The van der Waals surface area contributed by atoms with Gasteiger partial charge in [-0.15, -0.1) is 0 Å². The number of fused-ring (bicyclic) bond motifs is 1. The van der Waals surface area contributed by atoms with Gasteiger partial charge in [-0.25, -0.2) is 0 Å². The Bertz CT molecular complexity index is 418. The van der Waals surface area contributed by atoms with Crippen LogP contribution in [0.15, 0.2) is 30.5 Å². The highest BCUT2D eigenvalue weighted by Crippen LogP contribution is 2.25. The lowest BCUT2D eigenvalue weighted by Crippen LogP contribution is -2.10. The van der Waals surface area contributed by atoms with Crippen molar-refractivity contribution in [3.63, 3.8) is 0 Å². The van der Waals surface area contributed by atoms with Gasteiger partial charge in [0.15, 0.2) is 0 Å². The maximum absolute atomic E-state index is 3.20. The van der Waals surface area contributed by atoms with E-state index in [4.69, 9.17) is 0 Å². The van der Waals surface area contributed by atoms with Gasteiger partial charge >= 0.3 is 0 Å². The molecule has 0 aliphatic heterocycles. The Hall–Kier alpha value is -1.24. The molecule has 0 atom stereocenters. The maximum Gasteiger partial charge on any atom is 0.0454 e. The van der Waals surface area contributed by atoms with E-state index in [2.05, 4.69) is 50.0 Å². The Kier molecular flexibility index (Phi) is 3.57. The van der Waals surface area contributed by atoms with E-state index in [1.165, 1.54) is 16.5 Å². The van der Waals surface area contributed by atoms with Crippen LogP contribution < -0.4 is 0 Å². The van der Waals surface area contributed by atoms with Gasteiger partial charge in [-0.1, -0.05) is 40.7 Å². The number of hydrogen-bond donors (Lipinski definition) is 1. The van der Waals surface area contributed by atoms with Gasteiger partial charge in [0.1, 0.15) is 0 Å². The Balaban J connectivity index is 0.000000531. The lowest BCUT2D eigenvalue weighted by molar-refractivity contribution is 0.591. The van der Waals surface area contributed by atoms with Crippen molar-refractivity contribution in [3.8, 4) is 0 Å². The number of aromatic nitrogens is 1. The van der Waals surface area contributed by atoms with Gasteiger partial charge in [-0.3, -0.25) is 0 Å². The fourth-order valence-electron chi connectivity index (χ4n) is 1.52. The van der Waals surface area contributed by atoms with Crippen molar-refractivity contribution in [2.45, 2.75) is 40.0 Å². The second-order valence-corrected chi connectivity index (χ2v) is 4.53. The zero-order valence-electron chi connectivity index (χ0n) is 10.4. The average molecular weight is 203 g/mol. The predicted octanol–water partition coefficient (Wildman–Crippen LogP) is 4.49. The van der Waals surface area contributed by atoms with E-state index in [1.54, 1.807) is 0 Å². The largest absolute Gasteiger partial charge is 0.361 e. The van der Waals surface area contributed by atoms with Crippen LogP contribution in [0.2, 0.25) is 0 Å². The number of rotatable bonds is 0. The fraction of sp³-hybridized carbons (Fsp3) is 0.429. The van der Waals surface area contributed by atoms with Crippen LogP contribution in [-0.2, 0) is 5.41 Å². The normalized spacial score (nSPS) is 11.0. The molecule has 0 spiro atoms. The molecule has 1 heterocycles. The Morgan fingerprint density at radius 1 is 1.00 bits per heavy atom. The predicted molar refractivity (Wildman–Crippen MR) is 68.3 cm³/mol. The summed E-state index contributed by atoms with van der Waals surface area (Å²) in [5.41, 5.74) is 2.85. The summed E-state index contributed by atoms with van der Waals surface area (Å²) in [5, 5.41) is 1.30. The zero-order valence-corrected chi connectivity index (χ0v) is 10.4. The van der Waals surface area contributed by atoms with Crippen LogP contribution in [0.1, 0.15) is 40.2 Å². The molecule has 1 nitrogen and oxygen atoms in total. The summed E-state index contributed by atoms with van der Waals surface area (Å²) >= 11 is 0. The SMILES string of the molecule is CC.CC(C)(C)c1ccc2[nH]ccc2c1. The number of hydrogen-bond acceptors (Lipinski definition) is 0. The summed E-state index contributed by atoms with van der Waals surface area (Å²) in [4.78, 5) is 3.20. The summed E-state index contributed by atoms with van der Waals surface area (Å²) < 4.78 is 0. The van der Waals surface area contributed by atoms with Crippen molar-refractivity contribution >= 4 is 10.9 Å². The monoisotopic (exact) mass is 203 g/mol. The summed E-state index contributed by atoms with van der Waals surface area (Å²) in [5.74, 6) is 0. The third-order valence-corrected chi connectivity index (χ3v) is 2.42. The van der Waals surface area contributed by atoms with Crippen LogP contribution in [0.5, 0.6) is 0 Å². The minimum atomic E-state index is 0.242. The molecule has 0 bridgehead atoms. The molecule has 0 unspecified atom stereocenters. The molecule has 2 aromatic rings. The summed E-state index contributed by atoms with van der Waals surface area (Å²) in [7, 11) is 0. The van der Waals surface area contributed by atoms with Crippen LogP contribution in [0.4, 0.5) is 0 Å². The molecule has 1 N–H and O–H groups in total. The minimum Gasteiger partial charge on any atom is -0.361 e. The van der Waals surface area contributed by atoms with Crippen LogP contribution >= 0.6 is 0 Å². The molecule has 0 saturated heterocycles. The summed E-state index contributed by atoms with van der Waals surface area (Å²) in [6.07, 6.45) is 1.98. The van der Waals surface area contributed by atoms with Crippen molar-refractivity contribution in [3.05, 3.63) is 36.0 Å². The Morgan fingerprint density at radius 3 is 2.27 bits per heavy atom. The molecular weight excluding hydrogens is 182 g/mol. The minimum absolute atomic E-state index is 0.242. The smallest absolute Gasteiger partial charge is 0.0454 e. The van der Waals surface area contributed by atoms with Gasteiger partial charge in [0.05, 0.1) is 0 Å². The van der Waals surface area contributed by atoms with E-state index in [9.17, 15) is 0 Å². The lowest BCUT2D eigenvalue weighted by Gasteiger charge is -2.18. The zero-order chi connectivity index (χ0) is 11.5. The molecule has 82 valence electrons. The van der Waals surface area contributed by atoms with Crippen molar-refractivity contribution in [1.29, 1.82) is 0 Å². The van der Waals surface area contributed by atoms with E-state index >= 15 is 0 Å². The first kappa shape index (κ1) is 11.8. The van der Waals surface area contributed by atoms with Crippen LogP contribution in [0.25, 0.3) is 10.9 Å². The van der Waals surface area contributed by atoms with Crippen molar-refractivity contribution in [1.82, 2.24) is 4.98 Å². The molecule has 0 amide bonds. The molecular formula is C14H21N. The first-order chi connectivity index (χ1) is 7.07. The van der Waals surface area contributed by atoms with E-state index in [0.717, 1.165) is 0 Å². The number of aromatic amines is 1. The van der Waals surface area contributed by atoms with Crippen LogP contribution in [-0.4, -0.2) is 4.98 Å². The summed E-state index contributed by atoms with van der Waals surface area (Å²) in [6.45, 7) is 10.7. The molecule has 0 aliphatic carbocycles. The maximum atomic E-state index is 3.20. The second kappa shape index (κ2) is 4.52. The fourth-order valence-corrected chi connectivity index (χ4v) is 1.52. The highest BCUT2D eigenvalue weighted by atomic mass is 14.7. The highest BCUT2D eigenvalue weighted by molar-refractivity contribution is 5.80. The molecule has 0 radical (unpaired) electrons. The Labute approximate surface area is 92.5 Å². The first-order valence-electron chi connectivity index (χ1n) is 5.65. The third-order valence-electron chi connectivity index (χ3n) is 2.42. The van der Waals surface area contributed by atoms with E-state index in [-0.39, 0.29) is 5.41 Å². The topological polar surface area (TPSA) is 15.8 Å². The third kappa shape index (κ3) is 2.62. The van der Waals surface area contributed by atoms with Gasteiger partial charge in [-0.05, 0) is 34.6 Å². The molecule has 1 aromatic heterocycles. The Morgan fingerprint density at radius 2 is 1.67 bits per heavy atom. The highest BCUT2D eigenvalue weighted by Gasteiger charge is 2.13. The molecule has 1 heteroatoms. The van der Waals surface area contributed by atoms with Crippen LogP contribution in [0, 0.1) is 0 Å². The molecule has 0 aliphatic rings. The van der Waals surface area contributed by atoms with E-state index < -0.39 is 0 Å². The quantitative estimate of drug-likeness (QED) is 0.649. The molecule has 0 saturated carbocycles. The molecule has 1 aromatic carbocycles. The molecule has 2 rings (SSSR count). The molecule has 0 fully saturated rings. The van der Waals surface area contributed by atoms with Gasteiger partial charge in [-0.2, -0.15) is 0 Å².